The summed E-state index contributed by atoms with van der Waals surface area (Å²) in [4.78, 5) is 41.1. The topological polar surface area (TPSA) is 96.3 Å². The molecule has 5 rings (SSSR count). The van der Waals surface area contributed by atoms with Crippen LogP contribution in [0.4, 0.5) is 14.5 Å². The van der Waals surface area contributed by atoms with E-state index < -0.39 is 29.9 Å². The molecule has 2 N–H and O–H groups in total. The molecule has 10 heteroatoms. The molecule has 2 aromatic rings. The van der Waals surface area contributed by atoms with Crippen molar-refractivity contribution < 1.29 is 23.2 Å². The van der Waals surface area contributed by atoms with Crippen LogP contribution in [-0.4, -0.2) is 57.7 Å². The van der Waals surface area contributed by atoms with E-state index in [9.17, 15) is 18.8 Å². The summed E-state index contributed by atoms with van der Waals surface area (Å²) in [6.07, 6.45) is 4.91. The minimum atomic E-state index is -1.02. The van der Waals surface area contributed by atoms with Crippen LogP contribution in [0, 0.1) is 23.6 Å². The minimum Gasteiger partial charge on any atom is -0.339 e. The van der Waals surface area contributed by atoms with Gasteiger partial charge < -0.3 is 15.5 Å². The highest BCUT2D eigenvalue weighted by atomic mass is 19.1. The third-order valence-corrected chi connectivity index (χ3v) is 8.24. The van der Waals surface area contributed by atoms with E-state index >= 15 is 4.39 Å². The van der Waals surface area contributed by atoms with E-state index in [-0.39, 0.29) is 36.0 Å². The maximum absolute atomic E-state index is 15.2. The van der Waals surface area contributed by atoms with Gasteiger partial charge in [0, 0.05) is 18.8 Å². The Kier molecular flexibility index (Phi) is 7.73. The standard InChI is InChI=1S/C29H37F2N5O3/c1-16(2)36-24(10-12-32-36)27(37)34-26(25(18-4-5-18)19-6-7-19)28(38)33-23-9-8-20(14-22(23)31)17(3)29(39)35-13-11-21(30)15-35/h8-10,12,14,16-19,21,25-26H,4-7,11,13,15H2,1-3H3,(H,33,38)(H,34,37)/t17?,21-,26-/m0/s1. The lowest BCUT2D eigenvalue weighted by atomic mass is 9.88. The number of alkyl halides is 1. The summed E-state index contributed by atoms with van der Waals surface area (Å²) in [5.41, 5.74) is 0.822. The van der Waals surface area contributed by atoms with E-state index in [2.05, 4.69) is 15.7 Å². The first-order valence-corrected chi connectivity index (χ1v) is 14.0. The van der Waals surface area contributed by atoms with Crippen LogP contribution in [0.2, 0.25) is 0 Å². The minimum absolute atomic E-state index is 0.00907. The van der Waals surface area contributed by atoms with E-state index in [4.69, 9.17) is 0 Å². The number of anilines is 1. The number of carbonyl (C=O) groups excluding carboxylic acids is 3. The van der Waals surface area contributed by atoms with E-state index in [0.717, 1.165) is 25.7 Å². The van der Waals surface area contributed by atoms with Crippen LogP contribution in [0.5, 0.6) is 0 Å². The van der Waals surface area contributed by atoms with Gasteiger partial charge in [-0.2, -0.15) is 5.10 Å². The Bertz CT molecular complexity index is 1230. The van der Waals surface area contributed by atoms with Crippen molar-refractivity contribution >= 4 is 23.4 Å². The van der Waals surface area contributed by atoms with Gasteiger partial charge in [-0.3, -0.25) is 19.1 Å². The molecule has 3 fully saturated rings. The molecule has 1 saturated heterocycles. The number of amides is 3. The molecule has 2 heterocycles. The fourth-order valence-corrected chi connectivity index (χ4v) is 5.80. The van der Waals surface area contributed by atoms with Gasteiger partial charge in [0.05, 0.1) is 18.2 Å². The molecule has 0 bridgehead atoms. The van der Waals surface area contributed by atoms with E-state index in [1.54, 1.807) is 29.9 Å². The van der Waals surface area contributed by atoms with Gasteiger partial charge in [-0.15, -0.1) is 0 Å². The van der Waals surface area contributed by atoms with Crippen LogP contribution in [-0.2, 0) is 9.59 Å². The van der Waals surface area contributed by atoms with Crippen molar-refractivity contribution in [2.45, 2.75) is 77.0 Å². The lowest BCUT2D eigenvalue weighted by Gasteiger charge is -2.28. The summed E-state index contributed by atoms with van der Waals surface area (Å²) in [6, 6.07) is 5.10. The highest BCUT2D eigenvalue weighted by molar-refractivity contribution is 6.01. The average Bonchev–Trinajstić information content (AvgIpc) is 3.83. The SMILES string of the molecule is CC(C(=O)N1CC[C@H](F)C1)c1ccc(NC(=O)[C@@H](NC(=O)c2ccnn2C(C)C)C(C2CC2)C2CC2)c(F)c1. The number of carbonyl (C=O) groups is 3. The number of rotatable bonds is 10. The molecule has 3 atom stereocenters. The zero-order chi connectivity index (χ0) is 27.8. The average molecular weight is 542 g/mol. The Morgan fingerprint density at radius 3 is 2.28 bits per heavy atom. The molecule has 1 aromatic heterocycles. The van der Waals surface area contributed by atoms with Crippen molar-refractivity contribution in [3.63, 3.8) is 0 Å². The second-order valence-corrected chi connectivity index (χ2v) is 11.6. The number of nitrogens with zero attached hydrogens (tertiary/aromatic N) is 3. The highest BCUT2D eigenvalue weighted by Gasteiger charge is 2.48. The number of nitrogens with one attached hydrogen (secondary N) is 2. The molecular weight excluding hydrogens is 504 g/mol. The van der Waals surface area contributed by atoms with Crippen molar-refractivity contribution in [1.29, 1.82) is 0 Å². The molecule has 8 nitrogen and oxygen atoms in total. The second kappa shape index (κ2) is 11.1. The Morgan fingerprint density at radius 1 is 1.03 bits per heavy atom. The smallest absolute Gasteiger partial charge is 0.270 e. The van der Waals surface area contributed by atoms with Gasteiger partial charge in [0.1, 0.15) is 23.7 Å². The van der Waals surface area contributed by atoms with Crippen molar-refractivity contribution in [2.75, 3.05) is 18.4 Å². The van der Waals surface area contributed by atoms with Gasteiger partial charge in [-0.1, -0.05) is 6.07 Å². The van der Waals surface area contributed by atoms with Crippen molar-refractivity contribution in [2.24, 2.45) is 17.8 Å². The Balaban J connectivity index is 1.32. The summed E-state index contributed by atoms with van der Waals surface area (Å²) in [5.74, 6) is -1.67. The predicted molar refractivity (Wildman–Crippen MR) is 142 cm³/mol. The van der Waals surface area contributed by atoms with Crippen LogP contribution in [0.15, 0.2) is 30.5 Å². The van der Waals surface area contributed by atoms with Gasteiger partial charge >= 0.3 is 0 Å². The monoisotopic (exact) mass is 541 g/mol. The third kappa shape index (κ3) is 5.99. The summed E-state index contributed by atoms with van der Waals surface area (Å²) >= 11 is 0. The number of likely N-dealkylation sites (tertiary alicyclic amines) is 1. The molecule has 2 aliphatic carbocycles. The van der Waals surface area contributed by atoms with Gasteiger partial charge in [0.25, 0.3) is 5.91 Å². The number of hydrogen-bond acceptors (Lipinski definition) is 4. The van der Waals surface area contributed by atoms with Gasteiger partial charge in [-0.05, 0) is 94.4 Å². The number of benzene rings is 1. The molecule has 0 radical (unpaired) electrons. The van der Waals surface area contributed by atoms with Crippen molar-refractivity contribution in [3.05, 3.63) is 47.5 Å². The molecule has 1 aliphatic heterocycles. The molecule has 3 aliphatic rings. The first-order valence-electron chi connectivity index (χ1n) is 14.0. The molecular formula is C29H37F2N5O3. The molecule has 210 valence electrons. The van der Waals surface area contributed by atoms with E-state index in [1.807, 2.05) is 13.8 Å². The summed E-state index contributed by atoms with van der Waals surface area (Å²) in [5, 5.41) is 9.90. The first kappa shape index (κ1) is 27.3. The van der Waals surface area contributed by atoms with Gasteiger partial charge in [0.15, 0.2) is 0 Å². The normalized spacial score (nSPS) is 20.8. The molecule has 1 aromatic carbocycles. The Morgan fingerprint density at radius 2 is 1.72 bits per heavy atom. The summed E-state index contributed by atoms with van der Waals surface area (Å²) in [6.45, 7) is 5.94. The van der Waals surface area contributed by atoms with E-state index in [0.29, 0.717) is 36.1 Å². The van der Waals surface area contributed by atoms with Crippen LogP contribution >= 0.6 is 0 Å². The molecule has 1 unspecified atom stereocenters. The number of hydrogen-bond donors (Lipinski definition) is 2. The summed E-state index contributed by atoms with van der Waals surface area (Å²) in [7, 11) is 0. The largest absolute Gasteiger partial charge is 0.339 e. The predicted octanol–water partition coefficient (Wildman–Crippen LogP) is 4.45. The maximum atomic E-state index is 15.2. The lowest BCUT2D eigenvalue weighted by Crippen LogP contribution is -2.50. The zero-order valence-corrected chi connectivity index (χ0v) is 22.7. The number of halogens is 2. The van der Waals surface area contributed by atoms with E-state index in [1.165, 1.54) is 17.0 Å². The fourth-order valence-electron chi connectivity index (χ4n) is 5.80. The van der Waals surface area contributed by atoms with Gasteiger partial charge in [0.2, 0.25) is 11.8 Å². The van der Waals surface area contributed by atoms with Crippen LogP contribution in [0.3, 0.4) is 0 Å². The molecule has 2 saturated carbocycles. The Labute approximate surface area is 227 Å². The molecule has 0 spiro atoms. The Hall–Kier alpha value is -3.30. The van der Waals surface area contributed by atoms with Crippen molar-refractivity contribution in [3.8, 4) is 0 Å². The van der Waals surface area contributed by atoms with Crippen molar-refractivity contribution in [1.82, 2.24) is 20.0 Å². The van der Waals surface area contributed by atoms with Crippen LogP contribution < -0.4 is 10.6 Å². The zero-order valence-electron chi connectivity index (χ0n) is 22.7. The third-order valence-electron chi connectivity index (χ3n) is 8.24. The molecule has 39 heavy (non-hydrogen) atoms. The lowest BCUT2D eigenvalue weighted by molar-refractivity contribution is -0.131. The fraction of sp³-hybridized carbons (Fsp3) is 0.586. The quantitative estimate of drug-likeness (QED) is 0.465. The maximum Gasteiger partial charge on any atom is 0.270 e. The van der Waals surface area contributed by atoms with Crippen LogP contribution in [0.1, 0.15) is 80.9 Å². The second-order valence-electron chi connectivity index (χ2n) is 11.6. The first-order chi connectivity index (χ1) is 18.6. The highest BCUT2D eigenvalue weighted by Crippen LogP contribution is 2.51. The molecule has 3 amide bonds. The van der Waals surface area contributed by atoms with Crippen LogP contribution in [0.25, 0.3) is 0 Å². The number of aromatic nitrogens is 2. The summed E-state index contributed by atoms with van der Waals surface area (Å²) < 4.78 is 30.4. The van der Waals surface area contributed by atoms with Gasteiger partial charge in [-0.25, -0.2) is 8.78 Å².